The Morgan fingerprint density at radius 1 is 1.27 bits per heavy atom. The number of carbonyl (C=O) groups excluding carboxylic acids is 1. The molecule has 0 aliphatic carbocycles. The predicted octanol–water partition coefficient (Wildman–Crippen LogP) is 2.91. The van der Waals surface area contributed by atoms with E-state index in [1.54, 1.807) is 18.2 Å². The van der Waals surface area contributed by atoms with Gasteiger partial charge in [-0.1, -0.05) is 41.9 Å². The fourth-order valence-corrected chi connectivity index (χ4v) is 3.40. The molecule has 0 fully saturated rings. The molecule has 3 rings (SSSR count). The maximum absolute atomic E-state index is 12.6. The first-order valence-corrected chi connectivity index (χ1v) is 9.06. The van der Waals surface area contributed by atoms with Gasteiger partial charge in [0.15, 0.2) is 6.04 Å². The molecule has 2 N–H and O–H groups in total. The van der Waals surface area contributed by atoms with Gasteiger partial charge >= 0.3 is 0 Å². The monoisotopic (exact) mass is 366 g/mol. The molecule has 0 aromatic heterocycles. The molecule has 132 valence electrons. The Morgan fingerprint density at radius 3 is 2.65 bits per heavy atom. The maximum atomic E-state index is 12.6. The van der Waals surface area contributed by atoms with Gasteiger partial charge in [-0.25, -0.2) is 0 Å². The third kappa shape index (κ3) is 4.13. The quantitative estimate of drug-likeness (QED) is 0.874. The summed E-state index contributed by atoms with van der Waals surface area (Å²) in [4.78, 5) is 13.8. The van der Waals surface area contributed by atoms with Crippen molar-refractivity contribution >= 4 is 28.8 Å². The maximum Gasteiger partial charge on any atom is 0.282 e. The van der Waals surface area contributed by atoms with Crippen molar-refractivity contribution in [2.24, 2.45) is 0 Å². The first-order valence-electron chi connectivity index (χ1n) is 8.68. The number of rotatable bonds is 4. The van der Waals surface area contributed by atoms with Crippen molar-refractivity contribution in [1.29, 1.82) is 5.26 Å². The molecule has 1 amide bonds. The van der Waals surface area contributed by atoms with Gasteiger partial charge in [0, 0.05) is 12.1 Å². The van der Waals surface area contributed by atoms with Crippen LogP contribution in [0.2, 0.25) is 5.02 Å². The molecule has 1 unspecified atom stereocenters. The van der Waals surface area contributed by atoms with E-state index in [0.717, 1.165) is 19.5 Å². The highest BCUT2D eigenvalue weighted by Crippen LogP contribution is 2.20. The Morgan fingerprint density at radius 2 is 2.04 bits per heavy atom. The number of nitrogens with one attached hydrogen (secondary N) is 2. The molecule has 26 heavy (non-hydrogen) atoms. The molecule has 0 saturated carbocycles. The number of nitriles is 1. The number of quaternary nitrogens is 1. The molecule has 5 heteroatoms. The molecule has 2 aromatic rings. The fourth-order valence-electron chi connectivity index (χ4n) is 3.18. The first kappa shape index (κ1) is 18.2. The van der Waals surface area contributed by atoms with Gasteiger partial charge in [0.1, 0.15) is 6.07 Å². The number of benzene rings is 2. The zero-order chi connectivity index (χ0) is 18.5. The highest BCUT2D eigenvalue weighted by Gasteiger charge is 2.27. The second kappa shape index (κ2) is 8.18. The molecular weight excluding hydrogens is 346 g/mol. The van der Waals surface area contributed by atoms with Crippen LogP contribution in [0.25, 0.3) is 5.57 Å². The van der Waals surface area contributed by atoms with E-state index in [2.05, 4.69) is 23.5 Å². The Kier molecular flexibility index (Phi) is 5.72. The summed E-state index contributed by atoms with van der Waals surface area (Å²) in [5, 5.41) is 12.2. The molecule has 0 spiro atoms. The van der Waals surface area contributed by atoms with E-state index in [9.17, 15) is 4.79 Å². The predicted molar refractivity (Wildman–Crippen MR) is 104 cm³/mol. The van der Waals surface area contributed by atoms with E-state index in [-0.39, 0.29) is 11.9 Å². The van der Waals surface area contributed by atoms with Gasteiger partial charge in [0.2, 0.25) is 0 Å². The molecule has 1 heterocycles. The van der Waals surface area contributed by atoms with E-state index < -0.39 is 0 Å². The van der Waals surface area contributed by atoms with Crippen LogP contribution >= 0.6 is 11.6 Å². The van der Waals surface area contributed by atoms with Crippen LogP contribution in [0.3, 0.4) is 0 Å². The minimum Gasteiger partial charge on any atom is -0.321 e. The smallest absolute Gasteiger partial charge is 0.282 e. The lowest BCUT2D eigenvalue weighted by Gasteiger charge is -2.28. The molecule has 2 aromatic carbocycles. The molecule has 0 radical (unpaired) electrons. The zero-order valence-corrected chi connectivity index (χ0v) is 15.4. The summed E-state index contributed by atoms with van der Waals surface area (Å²) in [6, 6.07) is 17.2. The molecule has 1 aliphatic heterocycles. The van der Waals surface area contributed by atoms with E-state index in [1.165, 1.54) is 16.0 Å². The minimum atomic E-state index is -0.169. The van der Waals surface area contributed by atoms with Crippen molar-refractivity contribution in [3.8, 4) is 6.07 Å². The number of anilines is 1. The number of halogens is 1. The molecule has 1 aliphatic rings. The number of hydrogen-bond acceptors (Lipinski definition) is 2. The van der Waals surface area contributed by atoms with Gasteiger partial charge in [-0.3, -0.25) is 4.79 Å². The van der Waals surface area contributed by atoms with E-state index in [4.69, 9.17) is 16.9 Å². The summed E-state index contributed by atoms with van der Waals surface area (Å²) in [6.07, 6.45) is 3.19. The van der Waals surface area contributed by atoms with Crippen LogP contribution in [0.4, 0.5) is 5.69 Å². The van der Waals surface area contributed by atoms with Gasteiger partial charge in [-0.15, -0.1) is 0 Å². The van der Waals surface area contributed by atoms with Gasteiger partial charge in [-0.05, 0) is 42.3 Å². The Hall–Kier alpha value is -2.61. The lowest BCUT2D eigenvalue weighted by atomic mass is 9.99. The van der Waals surface area contributed by atoms with Crippen LogP contribution in [0.1, 0.15) is 24.5 Å². The number of nitrogens with zero attached hydrogens (tertiary/aromatic N) is 1. The van der Waals surface area contributed by atoms with Gasteiger partial charge < -0.3 is 10.2 Å². The Bertz CT molecular complexity index is 871. The topological polar surface area (TPSA) is 57.3 Å². The van der Waals surface area contributed by atoms with E-state index in [0.29, 0.717) is 16.3 Å². The Balaban J connectivity index is 1.62. The molecule has 4 nitrogen and oxygen atoms in total. The number of hydrogen-bond donors (Lipinski definition) is 2. The average molecular weight is 367 g/mol. The number of amides is 1. The van der Waals surface area contributed by atoms with Crippen molar-refractivity contribution in [2.45, 2.75) is 19.4 Å². The van der Waals surface area contributed by atoms with Gasteiger partial charge in [0.05, 0.1) is 23.7 Å². The summed E-state index contributed by atoms with van der Waals surface area (Å²) in [7, 11) is 0. The summed E-state index contributed by atoms with van der Waals surface area (Å²) < 4.78 is 0. The van der Waals surface area contributed by atoms with E-state index >= 15 is 0 Å². The third-order valence-electron chi connectivity index (χ3n) is 4.83. The third-order valence-corrected chi connectivity index (χ3v) is 5.15. The van der Waals surface area contributed by atoms with Crippen LogP contribution < -0.4 is 10.2 Å². The van der Waals surface area contributed by atoms with Crippen LogP contribution in [0.5, 0.6) is 0 Å². The normalized spacial score (nSPS) is 17.7. The van der Waals surface area contributed by atoms with Crippen molar-refractivity contribution in [3.63, 3.8) is 0 Å². The highest BCUT2D eigenvalue weighted by atomic mass is 35.5. The van der Waals surface area contributed by atoms with Crippen molar-refractivity contribution in [2.75, 3.05) is 18.4 Å². The van der Waals surface area contributed by atoms with Crippen LogP contribution in [-0.2, 0) is 4.79 Å². The number of carbonyl (C=O) groups is 1. The van der Waals surface area contributed by atoms with Gasteiger partial charge in [-0.2, -0.15) is 5.26 Å². The van der Waals surface area contributed by atoms with Crippen molar-refractivity contribution in [3.05, 3.63) is 70.8 Å². The lowest BCUT2D eigenvalue weighted by Crippen LogP contribution is -3.17. The summed E-state index contributed by atoms with van der Waals surface area (Å²) >= 11 is 6.03. The summed E-state index contributed by atoms with van der Waals surface area (Å²) in [5.74, 6) is -0.0441. The van der Waals surface area contributed by atoms with Crippen molar-refractivity contribution < 1.29 is 9.69 Å². The van der Waals surface area contributed by atoms with Gasteiger partial charge in [0.25, 0.3) is 5.91 Å². The van der Waals surface area contributed by atoms with Crippen LogP contribution in [0.15, 0.2) is 54.6 Å². The SMILES string of the molecule is C[C@@H](C(=O)Nc1ccc(C#N)c(Cl)c1)[NH+]1CC=C(c2ccccc2)CC1. The standard InChI is InChI=1S/C21H20ClN3O/c1-15(21(26)24-19-8-7-18(14-23)20(22)13-19)25-11-9-17(10-12-25)16-5-3-2-4-6-16/h2-9,13,15H,10-12H2,1H3,(H,24,26)/p+1/t15-/m0/s1. The fraction of sp³-hybridized carbons (Fsp3) is 0.238. The minimum absolute atomic E-state index is 0.0441. The summed E-state index contributed by atoms with van der Waals surface area (Å²) in [6.45, 7) is 3.69. The van der Waals surface area contributed by atoms with Crippen LogP contribution in [-0.4, -0.2) is 25.0 Å². The second-order valence-corrected chi connectivity index (χ2v) is 6.88. The molecule has 0 bridgehead atoms. The first-order chi connectivity index (χ1) is 12.6. The average Bonchev–Trinajstić information content (AvgIpc) is 2.68. The molecular formula is C21H21ClN3O+. The second-order valence-electron chi connectivity index (χ2n) is 6.48. The van der Waals surface area contributed by atoms with E-state index in [1.807, 2.05) is 31.2 Å². The van der Waals surface area contributed by atoms with Crippen LogP contribution in [0, 0.1) is 11.3 Å². The molecule has 0 saturated heterocycles. The largest absolute Gasteiger partial charge is 0.321 e. The Labute approximate surface area is 158 Å². The molecule has 2 atom stereocenters. The lowest BCUT2D eigenvalue weighted by molar-refractivity contribution is -0.909. The highest BCUT2D eigenvalue weighted by molar-refractivity contribution is 6.32. The summed E-state index contributed by atoms with van der Waals surface area (Å²) in [5.41, 5.74) is 3.62. The zero-order valence-electron chi connectivity index (χ0n) is 14.6. The van der Waals surface area contributed by atoms with Crippen molar-refractivity contribution in [1.82, 2.24) is 0 Å².